The molecule has 0 aliphatic heterocycles. The number of fused-ring (bicyclic) bond motifs is 1. The van der Waals surface area contributed by atoms with Crippen LogP contribution in [0.3, 0.4) is 0 Å². The van der Waals surface area contributed by atoms with Crippen LogP contribution in [-0.2, 0) is 21.9 Å². The van der Waals surface area contributed by atoms with E-state index in [-0.39, 0.29) is 6.61 Å². The maximum absolute atomic E-state index is 11.0. The third-order valence-corrected chi connectivity index (χ3v) is 7.13. The number of aryl methyl sites for hydroxylation is 1. The molecule has 0 amide bonds. The first kappa shape index (κ1) is 22.7. The first-order valence-electron chi connectivity index (χ1n) is 11.0. The van der Waals surface area contributed by atoms with Gasteiger partial charge >= 0.3 is 7.82 Å². The Morgan fingerprint density at radius 2 is 2.10 bits per heavy atom. The Morgan fingerprint density at radius 1 is 1.28 bits per heavy atom. The molecule has 5 nitrogen and oxygen atoms in total. The average Bonchev–Trinajstić information content (AvgIpc) is 3.08. The van der Waals surface area contributed by atoms with Crippen molar-refractivity contribution in [1.82, 2.24) is 0 Å². The Labute approximate surface area is 175 Å². The van der Waals surface area contributed by atoms with E-state index in [2.05, 4.69) is 37.3 Å². The number of hydrogen-bond donors (Lipinski definition) is 3. The molecule has 2 aliphatic rings. The molecule has 0 spiro atoms. The van der Waals surface area contributed by atoms with E-state index < -0.39 is 13.4 Å². The minimum atomic E-state index is -4.47. The van der Waals surface area contributed by atoms with Crippen molar-refractivity contribution in [2.45, 2.75) is 82.6 Å². The van der Waals surface area contributed by atoms with Gasteiger partial charge in [-0.1, -0.05) is 43.2 Å². The highest BCUT2D eigenvalue weighted by Crippen LogP contribution is 2.44. The zero-order chi connectivity index (χ0) is 20.9. The molecular weight excluding hydrogens is 385 g/mol. The predicted molar refractivity (Wildman–Crippen MR) is 117 cm³/mol. The van der Waals surface area contributed by atoms with Crippen molar-refractivity contribution >= 4 is 7.82 Å². The summed E-state index contributed by atoms with van der Waals surface area (Å²) in [6, 6.07) is 6.91. The van der Waals surface area contributed by atoms with Crippen LogP contribution in [0.2, 0.25) is 0 Å². The Kier molecular flexibility index (Phi) is 7.75. The van der Waals surface area contributed by atoms with Crippen molar-refractivity contribution in [3.8, 4) is 0 Å². The fourth-order valence-electron chi connectivity index (χ4n) is 5.00. The van der Waals surface area contributed by atoms with Gasteiger partial charge in [0.25, 0.3) is 0 Å². The lowest BCUT2D eigenvalue weighted by Gasteiger charge is -2.27. The fourth-order valence-corrected chi connectivity index (χ4v) is 5.42. The van der Waals surface area contributed by atoms with Crippen LogP contribution in [0.4, 0.5) is 0 Å². The molecule has 0 saturated heterocycles. The molecule has 0 radical (unpaired) electrons. The highest BCUT2D eigenvalue weighted by molar-refractivity contribution is 7.46. The molecule has 1 fully saturated rings. The average molecular weight is 422 g/mol. The van der Waals surface area contributed by atoms with Crippen molar-refractivity contribution < 1.29 is 18.9 Å². The van der Waals surface area contributed by atoms with Gasteiger partial charge in [-0.2, -0.15) is 0 Å². The first-order valence-corrected chi connectivity index (χ1v) is 12.5. The summed E-state index contributed by atoms with van der Waals surface area (Å²) in [4.78, 5) is 17.9. The maximum atomic E-state index is 11.0. The molecule has 0 heterocycles. The molecule has 29 heavy (non-hydrogen) atoms. The summed E-state index contributed by atoms with van der Waals surface area (Å²) >= 11 is 0. The van der Waals surface area contributed by atoms with E-state index in [9.17, 15) is 4.57 Å². The Bertz CT molecular complexity index is 759. The smallest absolute Gasteiger partial charge is 0.323 e. The quantitative estimate of drug-likeness (QED) is 0.296. The lowest BCUT2D eigenvalue weighted by molar-refractivity contribution is 0.153. The van der Waals surface area contributed by atoms with E-state index >= 15 is 0 Å². The second kappa shape index (κ2) is 9.89. The third kappa shape index (κ3) is 6.77. The lowest BCUT2D eigenvalue weighted by Crippen LogP contribution is -2.41. The van der Waals surface area contributed by atoms with Gasteiger partial charge in [-0.05, 0) is 86.8 Å². The van der Waals surface area contributed by atoms with Gasteiger partial charge in [0.2, 0.25) is 0 Å². The van der Waals surface area contributed by atoms with Crippen LogP contribution >= 0.6 is 7.82 Å². The second-order valence-electron chi connectivity index (χ2n) is 9.06. The van der Waals surface area contributed by atoms with Crippen LogP contribution in [0.15, 0.2) is 30.4 Å². The lowest BCUT2D eigenvalue weighted by atomic mass is 9.79. The number of phosphoric acid groups is 1. The molecule has 6 heteroatoms. The molecule has 0 unspecified atom stereocenters. The van der Waals surface area contributed by atoms with E-state index in [1.54, 1.807) is 0 Å². The first-order chi connectivity index (χ1) is 13.8. The van der Waals surface area contributed by atoms with Crippen LogP contribution in [0.25, 0.3) is 0 Å². The number of allylic oxidation sites excluding steroid dienone is 2. The third-order valence-electron chi connectivity index (χ3n) is 6.66. The van der Waals surface area contributed by atoms with Gasteiger partial charge < -0.3 is 15.5 Å². The second-order valence-corrected chi connectivity index (χ2v) is 10.3. The number of unbranched alkanes of at least 4 members (excludes halogenated alkanes) is 2. The van der Waals surface area contributed by atoms with Gasteiger partial charge in [0.05, 0.1) is 6.61 Å². The van der Waals surface area contributed by atoms with Crippen molar-refractivity contribution in [1.29, 1.82) is 0 Å². The largest absolute Gasteiger partial charge is 0.469 e. The van der Waals surface area contributed by atoms with E-state index in [0.717, 1.165) is 25.2 Å². The number of rotatable bonds is 9. The number of hydrogen-bond acceptors (Lipinski definition) is 3. The predicted octanol–water partition coefficient (Wildman–Crippen LogP) is 5.00. The highest BCUT2D eigenvalue weighted by atomic mass is 31.2. The topological polar surface area (TPSA) is 92.8 Å². The molecule has 1 aromatic rings. The summed E-state index contributed by atoms with van der Waals surface area (Å²) < 4.78 is 15.7. The van der Waals surface area contributed by atoms with Crippen molar-refractivity contribution in [3.05, 3.63) is 47.0 Å². The molecule has 0 aromatic heterocycles. The van der Waals surface area contributed by atoms with Crippen LogP contribution in [0.1, 0.15) is 80.9 Å². The monoisotopic (exact) mass is 421 g/mol. The highest BCUT2D eigenvalue weighted by Gasteiger charge is 2.38. The SMILES string of the molecule is C/C=C\CCCC[C@@H]1CCc2cc([C@H]3CC[C@](N)(COP(=O)(O)O)C3)ccc2C1. The maximum Gasteiger partial charge on any atom is 0.469 e. The Morgan fingerprint density at radius 3 is 2.86 bits per heavy atom. The van der Waals surface area contributed by atoms with Gasteiger partial charge in [0.1, 0.15) is 0 Å². The Balaban J connectivity index is 1.53. The molecule has 3 rings (SSSR count). The number of nitrogens with two attached hydrogens (primary N) is 1. The summed E-state index contributed by atoms with van der Waals surface area (Å²) in [5.41, 5.74) is 10.00. The summed E-state index contributed by atoms with van der Waals surface area (Å²) in [6.07, 6.45) is 15.5. The van der Waals surface area contributed by atoms with Gasteiger partial charge in [-0.3, -0.25) is 4.52 Å². The van der Waals surface area contributed by atoms with Crippen LogP contribution in [0, 0.1) is 5.92 Å². The minimum absolute atomic E-state index is 0.0888. The summed E-state index contributed by atoms with van der Waals surface area (Å²) in [6.45, 7) is 2.00. The van der Waals surface area contributed by atoms with Crippen LogP contribution in [0.5, 0.6) is 0 Å². The molecular formula is C23H36NO4P. The molecule has 3 atom stereocenters. The number of benzene rings is 1. The summed E-state index contributed by atoms with van der Waals surface area (Å²) in [5, 5.41) is 0. The van der Waals surface area contributed by atoms with Crippen molar-refractivity contribution in [2.75, 3.05) is 6.61 Å². The zero-order valence-corrected chi connectivity index (χ0v) is 18.4. The van der Waals surface area contributed by atoms with Crippen molar-refractivity contribution in [2.24, 2.45) is 11.7 Å². The van der Waals surface area contributed by atoms with Gasteiger partial charge in [0, 0.05) is 5.54 Å². The molecule has 1 saturated carbocycles. The molecule has 1 aromatic carbocycles. The Hall–Kier alpha value is -0.970. The minimum Gasteiger partial charge on any atom is -0.323 e. The van der Waals surface area contributed by atoms with E-state index in [1.807, 2.05) is 0 Å². The molecule has 0 bridgehead atoms. The molecule has 162 valence electrons. The van der Waals surface area contributed by atoms with E-state index in [0.29, 0.717) is 12.3 Å². The molecule has 4 N–H and O–H groups in total. The number of phosphoric ester groups is 1. The van der Waals surface area contributed by atoms with Gasteiger partial charge in [-0.15, -0.1) is 0 Å². The summed E-state index contributed by atoms with van der Waals surface area (Å²) in [5.74, 6) is 1.15. The fraction of sp³-hybridized carbons (Fsp3) is 0.652. The summed E-state index contributed by atoms with van der Waals surface area (Å²) in [7, 11) is -4.47. The molecule has 2 aliphatic carbocycles. The standard InChI is InChI=1S/C23H36NO4P/c1-2-3-4-5-6-7-18-8-9-20-15-21(11-10-19(20)14-18)22-12-13-23(24,16-22)17-28-29(25,26)27/h2-3,10-11,15,18,22H,4-9,12-14,16-17,24H2,1H3,(H2,25,26,27)/b3-2-/t18-,22+,23-/m1/s1. The van der Waals surface area contributed by atoms with Crippen LogP contribution < -0.4 is 5.73 Å². The normalized spacial score (nSPS) is 27.4. The van der Waals surface area contributed by atoms with Crippen LogP contribution in [-0.4, -0.2) is 21.9 Å². The van der Waals surface area contributed by atoms with Gasteiger partial charge in [0.15, 0.2) is 0 Å². The van der Waals surface area contributed by atoms with Crippen molar-refractivity contribution in [3.63, 3.8) is 0 Å². The van der Waals surface area contributed by atoms with Gasteiger partial charge in [-0.25, -0.2) is 4.57 Å². The van der Waals surface area contributed by atoms with E-state index in [1.165, 1.54) is 55.2 Å². The van der Waals surface area contributed by atoms with E-state index in [4.69, 9.17) is 20.0 Å². The zero-order valence-electron chi connectivity index (χ0n) is 17.6.